The Kier molecular flexibility index (Phi) is 6.02. The van der Waals surface area contributed by atoms with Crippen molar-refractivity contribution in [1.82, 2.24) is 5.32 Å². The Morgan fingerprint density at radius 1 is 1.32 bits per heavy atom. The summed E-state index contributed by atoms with van der Waals surface area (Å²) in [6.07, 6.45) is -0.991. The molecule has 0 saturated heterocycles. The number of carbonyl (C=O) groups is 1. The Balaban J connectivity index is 1.85. The molecule has 2 N–H and O–H groups in total. The molecule has 0 aromatic heterocycles. The zero-order valence-electron chi connectivity index (χ0n) is 13.4. The molecule has 0 aliphatic heterocycles. The quantitative estimate of drug-likeness (QED) is 0.590. The predicted octanol–water partition coefficient (Wildman–Crippen LogP) is 2.21. The van der Waals surface area contributed by atoms with Crippen LogP contribution in [0.2, 0.25) is 0 Å². The van der Waals surface area contributed by atoms with Gasteiger partial charge in [0.25, 0.3) is 11.6 Å². The van der Waals surface area contributed by atoms with E-state index < -0.39 is 22.8 Å². The van der Waals surface area contributed by atoms with Crippen molar-refractivity contribution >= 4 is 11.6 Å². The molecule has 2 aromatic rings. The van der Waals surface area contributed by atoms with E-state index in [-0.39, 0.29) is 24.4 Å². The highest BCUT2D eigenvalue weighted by Gasteiger charge is 2.16. The fraction of sp³-hybridized carbons (Fsp3) is 0.235. The second-order valence-corrected chi connectivity index (χ2v) is 5.39. The van der Waals surface area contributed by atoms with Crippen LogP contribution in [-0.2, 0) is 0 Å². The summed E-state index contributed by atoms with van der Waals surface area (Å²) in [6.45, 7) is 1.39. The minimum absolute atomic E-state index is 0.0955. The van der Waals surface area contributed by atoms with Crippen molar-refractivity contribution in [3.8, 4) is 5.75 Å². The van der Waals surface area contributed by atoms with Gasteiger partial charge in [-0.2, -0.15) is 0 Å². The minimum atomic E-state index is -0.991. The maximum absolute atomic E-state index is 12.8. The number of hydrogen-bond donors (Lipinski definition) is 2. The summed E-state index contributed by atoms with van der Waals surface area (Å²) in [5, 5.41) is 23.2. The lowest BCUT2D eigenvalue weighted by atomic mass is 10.1. The zero-order chi connectivity index (χ0) is 18.4. The predicted molar refractivity (Wildman–Crippen MR) is 88.1 cm³/mol. The van der Waals surface area contributed by atoms with E-state index in [0.717, 1.165) is 0 Å². The van der Waals surface area contributed by atoms with Gasteiger partial charge in [0.1, 0.15) is 24.3 Å². The Labute approximate surface area is 143 Å². The highest BCUT2D eigenvalue weighted by atomic mass is 19.1. The molecule has 0 heterocycles. The third-order valence-corrected chi connectivity index (χ3v) is 3.42. The molecule has 7 nitrogen and oxygen atoms in total. The van der Waals surface area contributed by atoms with Crippen molar-refractivity contribution in [3.63, 3.8) is 0 Å². The average molecular weight is 348 g/mol. The number of nitrogens with zero attached hydrogens (tertiary/aromatic N) is 1. The number of nitrogens with one attached hydrogen (secondary N) is 1. The number of rotatable bonds is 7. The second kappa shape index (κ2) is 8.20. The van der Waals surface area contributed by atoms with Gasteiger partial charge in [0.2, 0.25) is 0 Å². The molecule has 0 fully saturated rings. The molecule has 1 atom stereocenters. The first-order valence-electron chi connectivity index (χ1n) is 7.46. The van der Waals surface area contributed by atoms with Gasteiger partial charge < -0.3 is 15.2 Å². The fourth-order valence-electron chi connectivity index (χ4n) is 2.04. The monoisotopic (exact) mass is 348 g/mol. The molecule has 25 heavy (non-hydrogen) atoms. The van der Waals surface area contributed by atoms with Gasteiger partial charge in [-0.3, -0.25) is 14.9 Å². The molecule has 2 aromatic carbocycles. The number of aliphatic hydroxyl groups excluding tert-OH is 1. The van der Waals surface area contributed by atoms with Crippen molar-refractivity contribution < 1.29 is 24.0 Å². The Morgan fingerprint density at radius 2 is 2.00 bits per heavy atom. The van der Waals surface area contributed by atoms with Crippen LogP contribution in [0.4, 0.5) is 10.1 Å². The normalized spacial score (nSPS) is 11.6. The van der Waals surface area contributed by atoms with E-state index in [2.05, 4.69) is 5.32 Å². The molecule has 0 aliphatic rings. The van der Waals surface area contributed by atoms with Gasteiger partial charge in [-0.15, -0.1) is 0 Å². The lowest BCUT2D eigenvalue weighted by Gasteiger charge is -2.13. The standard InChI is InChI=1S/C17H17FN2O5/c1-11-2-3-12(8-16(11)20(23)24)17(22)19-9-14(21)10-25-15-6-4-13(18)5-7-15/h2-8,14,21H,9-10H2,1H3,(H,19,22)/t14-/m0/s1. The van der Waals surface area contributed by atoms with Gasteiger partial charge >= 0.3 is 0 Å². The van der Waals surface area contributed by atoms with Crippen LogP contribution < -0.4 is 10.1 Å². The molecule has 8 heteroatoms. The number of nitro groups is 1. The largest absolute Gasteiger partial charge is 0.491 e. The fourth-order valence-corrected chi connectivity index (χ4v) is 2.04. The highest BCUT2D eigenvalue weighted by Crippen LogP contribution is 2.19. The maximum Gasteiger partial charge on any atom is 0.273 e. The van der Waals surface area contributed by atoms with Crippen molar-refractivity contribution in [2.24, 2.45) is 0 Å². The van der Waals surface area contributed by atoms with Crippen LogP contribution in [0.5, 0.6) is 5.75 Å². The van der Waals surface area contributed by atoms with E-state index in [9.17, 15) is 24.4 Å². The molecule has 0 saturated carbocycles. The summed E-state index contributed by atoms with van der Waals surface area (Å²) in [4.78, 5) is 22.4. The lowest BCUT2D eigenvalue weighted by molar-refractivity contribution is -0.385. The van der Waals surface area contributed by atoms with Crippen LogP contribution in [0.15, 0.2) is 42.5 Å². The highest BCUT2D eigenvalue weighted by molar-refractivity contribution is 5.95. The molecule has 0 unspecified atom stereocenters. The Bertz CT molecular complexity index is 764. The van der Waals surface area contributed by atoms with Gasteiger partial charge in [0.15, 0.2) is 0 Å². The van der Waals surface area contributed by atoms with Gasteiger partial charge in [-0.1, -0.05) is 6.07 Å². The van der Waals surface area contributed by atoms with Crippen LogP contribution in [0.3, 0.4) is 0 Å². The number of nitro benzene ring substituents is 1. The first-order valence-corrected chi connectivity index (χ1v) is 7.46. The topological polar surface area (TPSA) is 102 Å². The number of aliphatic hydroxyl groups is 1. The van der Waals surface area contributed by atoms with Gasteiger partial charge in [-0.25, -0.2) is 4.39 Å². The molecule has 0 spiro atoms. The summed E-state index contributed by atoms with van der Waals surface area (Å²) in [5.74, 6) is -0.544. The number of halogens is 1. The third-order valence-electron chi connectivity index (χ3n) is 3.42. The van der Waals surface area contributed by atoms with Gasteiger partial charge in [0.05, 0.1) is 4.92 Å². The minimum Gasteiger partial charge on any atom is -0.491 e. The summed E-state index contributed by atoms with van der Waals surface area (Å²) < 4.78 is 18.0. The number of benzene rings is 2. The first kappa shape index (κ1) is 18.3. The number of ether oxygens (including phenoxy) is 1. The average Bonchev–Trinajstić information content (AvgIpc) is 2.59. The van der Waals surface area contributed by atoms with Crippen LogP contribution in [0.1, 0.15) is 15.9 Å². The smallest absolute Gasteiger partial charge is 0.273 e. The summed E-state index contributed by atoms with van der Waals surface area (Å²) in [7, 11) is 0. The van der Waals surface area contributed by atoms with Crippen LogP contribution in [0.25, 0.3) is 0 Å². The number of hydrogen-bond acceptors (Lipinski definition) is 5. The Hall–Kier alpha value is -3.00. The van der Waals surface area contributed by atoms with E-state index in [4.69, 9.17) is 4.74 Å². The lowest BCUT2D eigenvalue weighted by Crippen LogP contribution is -2.35. The number of aryl methyl sites for hydroxylation is 1. The van der Waals surface area contributed by atoms with E-state index in [1.54, 1.807) is 6.92 Å². The van der Waals surface area contributed by atoms with Crippen molar-refractivity contribution in [2.75, 3.05) is 13.2 Å². The Morgan fingerprint density at radius 3 is 2.64 bits per heavy atom. The van der Waals surface area contributed by atoms with Gasteiger partial charge in [0, 0.05) is 23.7 Å². The molecule has 1 amide bonds. The first-order chi connectivity index (χ1) is 11.9. The number of amides is 1. The van der Waals surface area contributed by atoms with Crippen LogP contribution >= 0.6 is 0 Å². The molecule has 0 bridgehead atoms. The van der Waals surface area contributed by atoms with E-state index in [1.807, 2.05) is 0 Å². The maximum atomic E-state index is 12.8. The van der Waals surface area contributed by atoms with Crippen LogP contribution in [-0.4, -0.2) is 35.2 Å². The van der Waals surface area contributed by atoms with Gasteiger partial charge in [-0.05, 0) is 37.3 Å². The molecule has 2 rings (SSSR count). The van der Waals surface area contributed by atoms with Crippen molar-refractivity contribution in [1.29, 1.82) is 0 Å². The molecule has 132 valence electrons. The third kappa shape index (κ3) is 5.25. The molecular weight excluding hydrogens is 331 g/mol. The summed E-state index contributed by atoms with van der Waals surface area (Å²) in [6, 6.07) is 9.45. The molecule has 0 radical (unpaired) electrons. The zero-order valence-corrected chi connectivity index (χ0v) is 13.4. The molecule has 0 aliphatic carbocycles. The SMILES string of the molecule is Cc1ccc(C(=O)NC[C@H](O)COc2ccc(F)cc2)cc1[N+](=O)[O-]. The van der Waals surface area contributed by atoms with E-state index >= 15 is 0 Å². The van der Waals surface area contributed by atoms with Crippen molar-refractivity contribution in [3.05, 3.63) is 69.5 Å². The molecular formula is C17H17FN2O5. The van der Waals surface area contributed by atoms with Crippen LogP contribution in [0, 0.1) is 22.9 Å². The summed E-state index contributed by atoms with van der Waals surface area (Å²) in [5.41, 5.74) is 0.436. The van der Waals surface area contributed by atoms with Crippen molar-refractivity contribution in [2.45, 2.75) is 13.0 Å². The summed E-state index contributed by atoms with van der Waals surface area (Å²) >= 11 is 0. The van der Waals surface area contributed by atoms with E-state index in [1.165, 1.54) is 42.5 Å². The second-order valence-electron chi connectivity index (χ2n) is 5.39. The number of carbonyl (C=O) groups excluding carboxylic acids is 1. The van der Waals surface area contributed by atoms with E-state index in [0.29, 0.717) is 11.3 Å².